The molecular weight excluding hydrogens is 238 g/mol. The standard InChI is InChI=1S/C13H7ClNS/c14-13-8-7-12(16-13)11-6-5-9-3-1-2-4-10(9)15-11/h1-4,6-8H. The molecule has 0 amide bonds. The third kappa shape index (κ3) is 1.70. The van der Waals surface area contributed by atoms with Gasteiger partial charge in [-0.05, 0) is 30.3 Å². The summed E-state index contributed by atoms with van der Waals surface area (Å²) in [6.45, 7) is 0. The van der Waals surface area contributed by atoms with Gasteiger partial charge in [-0.1, -0.05) is 29.8 Å². The minimum absolute atomic E-state index is 0.782. The number of rotatable bonds is 1. The van der Waals surface area contributed by atoms with Crippen molar-refractivity contribution in [2.45, 2.75) is 0 Å². The fourth-order valence-corrected chi connectivity index (χ4v) is 2.58. The van der Waals surface area contributed by atoms with Gasteiger partial charge in [0.2, 0.25) is 0 Å². The highest BCUT2D eigenvalue weighted by Crippen LogP contribution is 2.30. The number of benzene rings is 1. The van der Waals surface area contributed by atoms with Crippen molar-refractivity contribution in [2.75, 3.05) is 0 Å². The van der Waals surface area contributed by atoms with Gasteiger partial charge in [-0.3, -0.25) is 0 Å². The van der Waals surface area contributed by atoms with Crippen LogP contribution in [0, 0.1) is 6.07 Å². The Balaban J connectivity index is 2.18. The zero-order valence-corrected chi connectivity index (χ0v) is 9.85. The number of halogens is 1. The SMILES string of the molecule is Clc1ccc(-c2c[c]c3ccccc3n2)s1. The van der Waals surface area contributed by atoms with Crippen LogP contribution in [0.1, 0.15) is 0 Å². The summed E-state index contributed by atoms with van der Waals surface area (Å²) >= 11 is 7.44. The Morgan fingerprint density at radius 1 is 1.12 bits per heavy atom. The van der Waals surface area contributed by atoms with E-state index in [-0.39, 0.29) is 0 Å². The van der Waals surface area contributed by atoms with E-state index in [4.69, 9.17) is 11.6 Å². The second kappa shape index (κ2) is 3.89. The Labute approximate surface area is 102 Å². The monoisotopic (exact) mass is 244 g/mol. The van der Waals surface area contributed by atoms with Crippen LogP contribution in [0.3, 0.4) is 0 Å². The smallest absolute Gasteiger partial charge is 0.0935 e. The lowest BCUT2D eigenvalue weighted by molar-refractivity contribution is 1.42. The van der Waals surface area contributed by atoms with Crippen LogP contribution >= 0.6 is 22.9 Å². The van der Waals surface area contributed by atoms with Crippen molar-refractivity contribution in [1.29, 1.82) is 0 Å². The van der Waals surface area contributed by atoms with Crippen LogP contribution in [0.5, 0.6) is 0 Å². The van der Waals surface area contributed by atoms with Crippen LogP contribution in [-0.4, -0.2) is 4.98 Å². The summed E-state index contributed by atoms with van der Waals surface area (Å²) in [5.41, 5.74) is 1.89. The summed E-state index contributed by atoms with van der Waals surface area (Å²) in [6, 6.07) is 17.0. The molecule has 0 N–H and O–H groups in total. The highest BCUT2D eigenvalue weighted by molar-refractivity contribution is 7.19. The van der Waals surface area contributed by atoms with E-state index < -0.39 is 0 Å². The molecule has 3 heteroatoms. The molecule has 0 bridgehead atoms. The van der Waals surface area contributed by atoms with Crippen molar-refractivity contribution in [3.8, 4) is 10.6 Å². The maximum Gasteiger partial charge on any atom is 0.0935 e. The Morgan fingerprint density at radius 3 is 2.81 bits per heavy atom. The maximum absolute atomic E-state index is 5.91. The average molecular weight is 245 g/mol. The maximum atomic E-state index is 5.91. The largest absolute Gasteiger partial charge is 0.247 e. The lowest BCUT2D eigenvalue weighted by Gasteiger charge is -1.99. The van der Waals surface area contributed by atoms with Gasteiger partial charge in [0.25, 0.3) is 0 Å². The minimum atomic E-state index is 0.782. The lowest BCUT2D eigenvalue weighted by atomic mass is 10.2. The number of aromatic nitrogens is 1. The average Bonchev–Trinajstić information content (AvgIpc) is 2.75. The molecule has 0 aliphatic carbocycles. The molecule has 1 nitrogen and oxygen atoms in total. The number of fused-ring (bicyclic) bond motifs is 1. The minimum Gasteiger partial charge on any atom is -0.247 e. The molecule has 1 radical (unpaired) electrons. The van der Waals surface area contributed by atoms with Crippen LogP contribution < -0.4 is 0 Å². The molecule has 0 aliphatic heterocycles. The van der Waals surface area contributed by atoms with Gasteiger partial charge in [0, 0.05) is 5.39 Å². The Kier molecular flexibility index (Phi) is 2.39. The Bertz CT molecular complexity index is 645. The van der Waals surface area contributed by atoms with Crippen LogP contribution in [0.4, 0.5) is 0 Å². The van der Waals surface area contributed by atoms with Gasteiger partial charge < -0.3 is 0 Å². The van der Waals surface area contributed by atoms with Gasteiger partial charge in [-0.15, -0.1) is 11.3 Å². The summed E-state index contributed by atoms with van der Waals surface area (Å²) in [5.74, 6) is 0. The van der Waals surface area contributed by atoms with Gasteiger partial charge in [0.05, 0.1) is 20.4 Å². The first kappa shape index (κ1) is 9.82. The van der Waals surface area contributed by atoms with Crippen molar-refractivity contribution < 1.29 is 0 Å². The molecule has 2 aromatic heterocycles. The van der Waals surface area contributed by atoms with E-state index >= 15 is 0 Å². The molecule has 3 rings (SSSR count). The second-order valence-corrected chi connectivity index (χ2v) is 5.12. The normalized spacial score (nSPS) is 10.8. The molecule has 0 aliphatic rings. The topological polar surface area (TPSA) is 12.9 Å². The lowest BCUT2D eigenvalue weighted by Crippen LogP contribution is -1.82. The number of para-hydroxylation sites is 1. The number of nitrogens with zero attached hydrogens (tertiary/aromatic N) is 1. The van der Waals surface area contributed by atoms with E-state index in [0.29, 0.717) is 0 Å². The van der Waals surface area contributed by atoms with E-state index in [9.17, 15) is 0 Å². The van der Waals surface area contributed by atoms with E-state index in [1.54, 1.807) is 0 Å². The zero-order valence-electron chi connectivity index (χ0n) is 8.27. The Hall–Kier alpha value is -1.38. The molecule has 2 heterocycles. The number of pyridine rings is 1. The molecule has 3 aromatic rings. The number of thiophene rings is 1. The van der Waals surface area contributed by atoms with Gasteiger partial charge in [-0.25, -0.2) is 4.98 Å². The van der Waals surface area contributed by atoms with Crippen LogP contribution in [-0.2, 0) is 0 Å². The van der Waals surface area contributed by atoms with Crippen molar-refractivity contribution in [3.63, 3.8) is 0 Å². The van der Waals surface area contributed by atoms with Crippen molar-refractivity contribution in [1.82, 2.24) is 4.98 Å². The predicted octanol–water partition coefficient (Wildman–Crippen LogP) is 4.42. The molecule has 1 aromatic carbocycles. The van der Waals surface area contributed by atoms with E-state index in [1.807, 2.05) is 42.5 Å². The number of hydrogen-bond donors (Lipinski definition) is 0. The molecule has 0 atom stereocenters. The fourth-order valence-electron chi connectivity index (χ4n) is 1.58. The van der Waals surface area contributed by atoms with E-state index in [0.717, 1.165) is 25.8 Å². The summed E-state index contributed by atoms with van der Waals surface area (Å²) in [7, 11) is 0. The molecule has 77 valence electrons. The third-order valence-electron chi connectivity index (χ3n) is 2.33. The van der Waals surface area contributed by atoms with Gasteiger partial charge in [-0.2, -0.15) is 0 Å². The third-order valence-corrected chi connectivity index (χ3v) is 3.59. The van der Waals surface area contributed by atoms with Crippen molar-refractivity contribution >= 4 is 33.8 Å². The molecular formula is C13H7ClNS. The molecule has 0 saturated heterocycles. The second-order valence-electron chi connectivity index (χ2n) is 3.41. The molecule has 0 fully saturated rings. The van der Waals surface area contributed by atoms with Gasteiger partial charge in [0.1, 0.15) is 0 Å². The van der Waals surface area contributed by atoms with E-state index in [2.05, 4.69) is 11.1 Å². The van der Waals surface area contributed by atoms with Crippen molar-refractivity contribution in [2.24, 2.45) is 0 Å². The van der Waals surface area contributed by atoms with Gasteiger partial charge in [0.15, 0.2) is 0 Å². The van der Waals surface area contributed by atoms with Crippen LogP contribution in [0.2, 0.25) is 4.34 Å². The quantitative estimate of drug-likeness (QED) is 0.618. The Morgan fingerprint density at radius 2 is 2.00 bits per heavy atom. The zero-order chi connectivity index (χ0) is 11.0. The van der Waals surface area contributed by atoms with Crippen LogP contribution in [0.25, 0.3) is 21.5 Å². The van der Waals surface area contributed by atoms with E-state index in [1.165, 1.54) is 11.3 Å². The fraction of sp³-hybridized carbons (Fsp3) is 0. The first-order chi connectivity index (χ1) is 7.83. The summed E-state index contributed by atoms with van der Waals surface area (Å²) in [4.78, 5) is 5.66. The summed E-state index contributed by atoms with van der Waals surface area (Å²) < 4.78 is 0.782. The highest BCUT2D eigenvalue weighted by Gasteiger charge is 2.04. The van der Waals surface area contributed by atoms with Crippen LogP contribution in [0.15, 0.2) is 42.5 Å². The highest BCUT2D eigenvalue weighted by atomic mass is 35.5. The van der Waals surface area contributed by atoms with Gasteiger partial charge >= 0.3 is 0 Å². The first-order valence-corrected chi connectivity index (χ1v) is 6.05. The molecule has 16 heavy (non-hydrogen) atoms. The van der Waals surface area contributed by atoms with Crippen molar-refractivity contribution in [3.05, 3.63) is 52.9 Å². The first-order valence-electron chi connectivity index (χ1n) is 4.86. The summed E-state index contributed by atoms with van der Waals surface area (Å²) in [5, 5.41) is 1.04. The molecule has 0 spiro atoms. The molecule has 0 unspecified atom stereocenters. The summed E-state index contributed by atoms with van der Waals surface area (Å²) in [6.07, 6.45) is 0. The predicted molar refractivity (Wildman–Crippen MR) is 68.9 cm³/mol. The number of hydrogen-bond acceptors (Lipinski definition) is 2. The molecule has 0 saturated carbocycles.